The van der Waals surface area contributed by atoms with E-state index >= 15 is 0 Å². The summed E-state index contributed by atoms with van der Waals surface area (Å²) in [5.41, 5.74) is 0.635. The molecule has 0 spiro atoms. The summed E-state index contributed by atoms with van der Waals surface area (Å²) in [5, 5.41) is 2.67. The number of carbonyl (C=O) groups is 1. The second kappa shape index (κ2) is 6.40. The number of pyridine rings is 1. The maximum Gasteiger partial charge on any atom is 0.248 e. The summed E-state index contributed by atoms with van der Waals surface area (Å²) in [6.45, 7) is 1.88. The van der Waals surface area contributed by atoms with Crippen molar-refractivity contribution < 1.29 is 9.53 Å². The first kappa shape index (κ1) is 12.0. The fraction of sp³-hybridized carbons (Fsp3) is 0.167. The van der Waals surface area contributed by atoms with Crippen LogP contribution < -0.4 is 10.1 Å². The van der Waals surface area contributed by atoms with Gasteiger partial charge in [0.25, 0.3) is 0 Å². The van der Waals surface area contributed by atoms with Crippen LogP contribution in [0.2, 0.25) is 0 Å². The van der Waals surface area contributed by atoms with Gasteiger partial charge in [-0.25, -0.2) is 4.98 Å². The van der Waals surface area contributed by atoms with E-state index in [2.05, 4.69) is 10.3 Å². The third-order valence-electron chi connectivity index (χ3n) is 1.76. The van der Waals surface area contributed by atoms with Gasteiger partial charge in [-0.15, -0.1) is 0 Å². The van der Waals surface area contributed by atoms with Gasteiger partial charge in [-0.2, -0.15) is 0 Å². The first-order valence-electron chi connectivity index (χ1n) is 4.86. The highest BCUT2D eigenvalue weighted by atomic mass is 16.5. The predicted molar refractivity (Wildman–Crippen MR) is 63.4 cm³/mol. The molecule has 0 radical (unpaired) electrons. The number of nitrogens with one attached hydrogen (secondary N) is 1. The van der Waals surface area contributed by atoms with Crippen molar-refractivity contribution >= 4 is 11.6 Å². The van der Waals surface area contributed by atoms with Crippen molar-refractivity contribution in [2.45, 2.75) is 6.92 Å². The normalized spacial score (nSPS) is 10.9. The lowest BCUT2D eigenvalue weighted by Gasteiger charge is -2.02. The highest BCUT2D eigenvalue weighted by Gasteiger charge is 1.98. The fourth-order valence-corrected chi connectivity index (χ4v) is 1.01. The molecule has 0 atom stereocenters. The Morgan fingerprint density at radius 2 is 2.25 bits per heavy atom. The van der Waals surface area contributed by atoms with Gasteiger partial charge in [-0.1, -0.05) is 18.2 Å². The van der Waals surface area contributed by atoms with Crippen LogP contribution in [0.25, 0.3) is 0 Å². The van der Waals surface area contributed by atoms with Gasteiger partial charge in [0, 0.05) is 12.1 Å². The molecule has 4 heteroatoms. The Morgan fingerprint density at radius 1 is 1.44 bits per heavy atom. The van der Waals surface area contributed by atoms with Gasteiger partial charge in [0.2, 0.25) is 11.8 Å². The average molecular weight is 218 g/mol. The number of hydrogen-bond acceptors (Lipinski definition) is 3. The molecule has 1 aromatic heterocycles. The Bertz CT molecular complexity index is 394. The summed E-state index contributed by atoms with van der Waals surface area (Å²) in [7, 11) is 1.54. The summed E-state index contributed by atoms with van der Waals surface area (Å²) in [6.07, 6.45) is 8.29. The standard InChI is InChI=1S/C12H14N2O2/c1-3-4-5-6-11(15)14-10-7-8-12(16-2)13-9-10/h3-9H,1-2H3,(H,14,15)/b4-3+,6-5+. The lowest BCUT2D eigenvalue weighted by Crippen LogP contribution is -2.07. The summed E-state index contributed by atoms with van der Waals surface area (Å²) in [5.74, 6) is 0.326. The quantitative estimate of drug-likeness (QED) is 0.622. The van der Waals surface area contributed by atoms with Crippen LogP contribution >= 0.6 is 0 Å². The van der Waals surface area contributed by atoms with Crippen LogP contribution in [0.5, 0.6) is 5.88 Å². The third kappa shape index (κ3) is 3.96. The van der Waals surface area contributed by atoms with E-state index in [9.17, 15) is 4.79 Å². The van der Waals surface area contributed by atoms with E-state index in [0.717, 1.165) is 0 Å². The van der Waals surface area contributed by atoms with E-state index in [1.807, 2.05) is 13.0 Å². The minimum atomic E-state index is -0.190. The number of rotatable bonds is 4. The second-order valence-electron chi connectivity index (χ2n) is 2.96. The monoisotopic (exact) mass is 218 g/mol. The molecule has 0 aliphatic carbocycles. The second-order valence-corrected chi connectivity index (χ2v) is 2.96. The highest BCUT2D eigenvalue weighted by molar-refractivity contribution is 5.99. The Morgan fingerprint density at radius 3 is 2.81 bits per heavy atom. The molecule has 4 nitrogen and oxygen atoms in total. The minimum absolute atomic E-state index is 0.190. The van der Waals surface area contributed by atoms with Gasteiger partial charge in [0.15, 0.2) is 0 Å². The molecule has 0 aliphatic heterocycles. The molecule has 1 N–H and O–H groups in total. The SMILES string of the molecule is C/C=C/C=C/C(=O)Nc1ccc(OC)nc1. The lowest BCUT2D eigenvalue weighted by molar-refractivity contribution is -0.111. The van der Waals surface area contributed by atoms with E-state index < -0.39 is 0 Å². The summed E-state index contributed by atoms with van der Waals surface area (Å²) >= 11 is 0. The van der Waals surface area contributed by atoms with Crippen LogP contribution in [0.1, 0.15) is 6.92 Å². The number of methoxy groups -OCH3 is 1. The predicted octanol–water partition coefficient (Wildman–Crippen LogP) is 2.16. The lowest BCUT2D eigenvalue weighted by atomic mass is 10.4. The molecular formula is C12H14N2O2. The average Bonchev–Trinajstić information content (AvgIpc) is 2.30. The minimum Gasteiger partial charge on any atom is -0.481 e. The van der Waals surface area contributed by atoms with Crippen molar-refractivity contribution in [3.63, 3.8) is 0 Å². The highest BCUT2D eigenvalue weighted by Crippen LogP contribution is 2.10. The Labute approximate surface area is 94.7 Å². The Kier molecular flexibility index (Phi) is 4.79. The van der Waals surface area contributed by atoms with Crippen molar-refractivity contribution in [1.29, 1.82) is 0 Å². The number of carbonyl (C=O) groups excluding carboxylic acids is 1. The van der Waals surface area contributed by atoms with E-state index in [1.54, 1.807) is 37.6 Å². The molecule has 0 unspecified atom stereocenters. The summed E-state index contributed by atoms with van der Waals surface area (Å²) < 4.78 is 4.91. The summed E-state index contributed by atoms with van der Waals surface area (Å²) in [4.78, 5) is 15.3. The van der Waals surface area contributed by atoms with Gasteiger partial charge >= 0.3 is 0 Å². The van der Waals surface area contributed by atoms with Gasteiger partial charge in [-0.3, -0.25) is 4.79 Å². The number of nitrogens with zero attached hydrogens (tertiary/aromatic N) is 1. The molecule has 84 valence electrons. The smallest absolute Gasteiger partial charge is 0.248 e. The molecule has 1 heterocycles. The zero-order valence-corrected chi connectivity index (χ0v) is 9.31. The molecule has 0 saturated heterocycles. The van der Waals surface area contributed by atoms with Gasteiger partial charge in [-0.05, 0) is 13.0 Å². The fourth-order valence-electron chi connectivity index (χ4n) is 1.01. The molecule has 1 amide bonds. The van der Waals surface area contributed by atoms with E-state index in [1.165, 1.54) is 6.08 Å². The van der Waals surface area contributed by atoms with Gasteiger partial charge in [0.05, 0.1) is 19.0 Å². The van der Waals surface area contributed by atoms with Crippen molar-refractivity contribution in [1.82, 2.24) is 4.98 Å². The Balaban J connectivity index is 2.56. The number of aromatic nitrogens is 1. The van der Waals surface area contributed by atoms with Crippen molar-refractivity contribution in [3.05, 3.63) is 42.6 Å². The van der Waals surface area contributed by atoms with Crippen LogP contribution in [0.3, 0.4) is 0 Å². The molecule has 1 aromatic rings. The largest absolute Gasteiger partial charge is 0.481 e. The maximum absolute atomic E-state index is 11.4. The first-order valence-corrected chi connectivity index (χ1v) is 4.86. The zero-order valence-electron chi connectivity index (χ0n) is 9.31. The van der Waals surface area contributed by atoms with Crippen LogP contribution in [0, 0.1) is 0 Å². The molecule has 0 aliphatic rings. The van der Waals surface area contributed by atoms with E-state index in [4.69, 9.17) is 4.74 Å². The van der Waals surface area contributed by atoms with Gasteiger partial charge < -0.3 is 10.1 Å². The van der Waals surface area contributed by atoms with E-state index in [0.29, 0.717) is 11.6 Å². The molecule has 0 aromatic carbocycles. The molecule has 1 rings (SSSR count). The molecule has 0 bridgehead atoms. The molecule has 0 saturated carbocycles. The maximum atomic E-state index is 11.4. The number of allylic oxidation sites excluding steroid dienone is 3. The van der Waals surface area contributed by atoms with E-state index in [-0.39, 0.29) is 5.91 Å². The molecular weight excluding hydrogens is 204 g/mol. The van der Waals surface area contributed by atoms with Crippen LogP contribution in [-0.4, -0.2) is 18.0 Å². The summed E-state index contributed by atoms with van der Waals surface area (Å²) in [6, 6.07) is 3.42. The zero-order chi connectivity index (χ0) is 11.8. The van der Waals surface area contributed by atoms with Crippen molar-refractivity contribution in [3.8, 4) is 5.88 Å². The van der Waals surface area contributed by atoms with Gasteiger partial charge in [0.1, 0.15) is 0 Å². The topological polar surface area (TPSA) is 51.2 Å². The number of amides is 1. The number of hydrogen-bond donors (Lipinski definition) is 1. The Hall–Kier alpha value is -2.10. The third-order valence-corrected chi connectivity index (χ3v) is 1.76. The number of ether oxygens (including phenoxy) is 1. The van der Waals surface area contributed by atoms with Crippen molar-refractivity contribution in [2.24, 2.45) is 0 Å². The molecule has 0 fully saturated rings. The van der Waals surface area contributed by atoms with Crippen LogP contribution in [0.4, 0.5) is 5.69 Å². The first-order chi connectivity index (χ1) is 7.76. The van der Waals surface area contributed by atoms with Crippen molar-refractivity contribution in [2.75, 3.05) is 12.4 Å². The number of anilines is 1. The van der Waals surface area contributed by atoms with Crippen LogP contribution in [-0.2, 0) is 4.79 Å². The molecule has 16 heavy (non-hydrogen) atoms. The van der Waals surface area contributed by atoms with Crippen LogP contribution in [0.15, 0.2) is 42.6 Å².